The van der Waals surface area contributed by atoms with Gasteiger partial charge in [-0.3, -0.25) is 39.2 Å². The molecule has 0 saturated heterocycles. The van der Waals surface area contributed by atoms with Crippen molar-refractivity contribution in [1.82, 2.24) is 0 Å². The number of para-hydroxylation sites is 2. The second kappa shape index (κ2) is 55.6. The minimum Gasteiger partial charge on any atom is -0.457 e. The van der Waals surface area contributed by atoms with Gasteiger partial charge in [-0.15, -0.1) is 6.42 Å². The first-order valence-electron chi connectivity index (χ1n) is 44.0. The van der Waals surface area contributed by atoms with Gasteiger partial charge in [-0.1, -0.05) is 317 Å². The summed E-state index contributed by atoms with van der Waals surface area (Å²) < 4.78 is 80.8. The first-order valence-corrected chi connectivity index (χ1v) is 55.2. The minimum absolute atomic E-state index is 0.00855. The molecule has 10 aromatic rings. The first kappa shape index (κ1) is 118. The summed E-state index contributed by atoms with van der Waals surface area (Å²) in [5, 5.41) is 42.9. The Morgan fingerprint density at radius 3 is 1.48 bits per heavy atom. The van der Waals surface area contributed by atoms with Gasteiger partial charge in [0.15, 0.2) is 6.10 Å². The summed E-state index contributed by atoms with van der Waals surface area (Å²) in [6.45, 7) is 29.2. The molecule has 0 radical (unpaired) electrons. The molecule has 0 spiro atoms. The van der Waals surface area contributed by atoms with E-state index in [9.17, 15) is 62.9 Å². The average molecular weight is 2350 g/mol. The zero-order valence-corrected chi connectivity index (χ0v) is 93.0. The third-order valence-corrected chi connectivity index (χ3v) is 36.3. The molecule has 12 rings (SSSR count). The first-order chi connectivity index (χ1) is 66.5. The van der Waals surface area contributed by atoms with Gasteiger partial charge >= 0.3 is 35.5 Å². The summed E-state index contributed by atoms with van der Waals surface area (Å²) in [5.74, 6) is -0.00840. The van der Waals surface area contributed by atoms with E-state index in [1.807, 2.05) is 195 Å². The Morgan fingerprint density at radius 1 is 0.582 bits per heavy atom. The molecule has 10 atom stereocenters. The second-order valence-electron chi connectivity index (χ2n) is 33.9. The lowest BCUT2D eigenvalue weighted by Crippen LogP contribution is -2.23. The normalized spacial score (nSPS) is 16.0. The number of rotatable bonds is 32. The van der Waals surface area contributed by atoms with Crippen molar-refractivity contribution in [3.8, 4) is 53.2 Å². The molecule has 0 bridgehead atoms. The van der Waals surface area contributed by atoms with Crippen molar-refractivity contribution in [2.45, 2.75) is 180 Å². The Labute approximate surface area is 890 Å². The van der Waals surface area contributed by atoms with E-state index in [4.69, 9.17) is 102 Å². The quantitative estimate of drug-likeness (QED) is 0.00361. The van der Waals surface area contributed by atoms with Gasteiger partial charge in [0.2, 0.25) is 27.8 Å². The van der Waals surface area contributed by atoms with Crippen LogP contribution in [-0.2, 0) is 52.3 Å². The topological polar surface area (TPSA) is 327 Å². The van der Waals surface area contributed by atoms with Crippen molar-refractivity contribution in [3.63, 3.8) is 0 Å². The van der Waals surface area contributed by atoms with Crippen molar-refractivity contribution in [3.05, 3.63) is 334 Å². The lowest BCUT2D eigenvalue weighted by atomic mass is 9.88. The van der Waals surface area contributed by atoms with E-state index in [2.05, 4.69) is 116 Å². The Hall–Kier alpha value is -9.49. The van der Waals surface area contributed by atoms with Gasteiger partial charge in [-0.05, 0) is 244 Å². The number of terminal acetylenes is 1. The predicted molar refractivity (Wildman–Crippen MR) is 573 cm³/mol. The zero-order chi connectivity index (χ0) is 105. The van der Waals surface area contributed by atoms with Gasteiger partial charge in [0.05, 0.1) is 76.1 Å². The third-order valence-electron chi connectivity index (χ3n) is 21.7. The average Bonchev–Trinajstić information content (AvgIpc) is 1.56. The molecule has 0 heterocycles. The monoisotopic (exact) mass is 2340 g/mol. The van der Waals surface area contributed by atoms with Crippen LogP contribution in [0.2, 0.25) is 25.1 Å². The fourth-order valence-corrected chi connectivity index (χ4v) is 25.3. The number of halogens is 9. The molecule has 2 saturated carbocycles. The Morgan fingerprint density at radius 2 is 1.05 bits per heavy atom. The summed E-state index contributed by atoms with van der Waals surface area (Å²) in [5.41, 5.74) is 2.94. The van der Waals surface area contributed by atoms with Crippen LogP contribution in [0.1, 0.15) is 163 Å². The molecule has 2 fully saturated rings. The van der Waals surface area contributed by atoms with Gasteiger partial charge in [0, 0.05) is 42.6 Å². The SMILES string of the molecule is C#CC(OC(=O)[C@@H]1C(C=C(C)C)C1(C)C)/C(C)=C/CC.CC(C)[C@H](C(=O)O[C@H](C#N)c1cccc(Oc2ccccc2)c1)c1ccc(Cl)cc1.CC1(C)[C@H](C(=O)O[C@H](C#N)c2cccc(Oc3ccccc3)c2)[C@@H]1C(Br)C(Br)(Br)Br.CCC(C)c1cc([N+](=O)[O-])cc([N+](=O)[O-])c1OC(=O)OC(C)C.CCOP(=O)(Sc1ccccc1)Sc1ccccc1.O=S(=O)(c1ccc(Cl)cc1)c1cc(Cl)c(Cl)cc1Cl. The van der Waals surface area contributed by atoms with Crippen LogP contribution in [-0.4, -0.2) is 68.1 Å². The number of benzene rings is 10. The minimum atomic E-state index is -3.76. The molecule has 746 valence electrons. The van der Waals surface area contributed by atoms with Crippen LogP contribution in [0.4, 0.5) is 16.2 Å². The van der Waals surface area contributed by atoms with E-state index in [0.717, 1.165) is 33.4 Å². The number of hydrogen-bond acceptors (Lipinski definition) is 23. The molecule has 2 aliphatic rings. The summed E-state index contributed by atoms with van der Waals surface area (Å²) in [6.07, 6.45) is 6.93. The smallest absolute Gasteiger partial charge is 0.457 e. The van der Waals surface area contributed by atoms with E-state index in [1.165, 1.54) is 70.8 Å². The van der Waals surface area contributed by atoms with Crippen LogP contribution in [0.3, 0.4) is 0 Å². The van der Waals surface area contributed by atoms with Crippen LogP contribution >= 0.6 is 150 Å². The molecule has 23 nitrogen and oxygen atoms in total. The number of non-ortho nitro benzene ring substituents is 1. The number of hydrogen-bond donors (Lipinski definition) is 0. The number of carbonyl (C=O) groups excluding carboxylic acids is 4. The molecule has 0 aliphatic heterocycles. The van der Waals surface area contributed by atoms with Crippen LogP contribution in [0, 0.1) is 95.7 Å². The fraction of sp³-hybridized carbons (Fsp3) is 0.314. The van der Waals surface area contributed by atoms with E-state index in [-0.39, 0.29) is 99.3 Å². The standard InChI is InChI=1S/C25H22ClNO3.C22H19Br4NO3.C18H26O2.C14H18N2O7.C14H15O2PS2.C12H6Cl4O2S/c1-17(2)24(18-11-13-20(26)14-12-18)25(28)30-23(16-27)19-7-6-10-22(15-19)29-21-8-4-3-5-9-21;1-21(2)17(19(23)22(24,25)26)18(21)20(28)30-16(12-27)13-7-6-10-15(11-13)29-14-8-4-3-5-9-14;1-8-10-13(5)15(9-2)20-17(19)16-14(11-12(3)4)18(16,6)7;1-5-9(4)11-6-10(15(18)19)7-12(16(20)21)13(11)23-14(17)22-8(2)3;1-2-16-17(15,18-13-9-5-3-6-10-13)19-14-11-7-4-8-12-14;13-7-1-3-8(4-2-7)19(17,18)12-6-10(15)9(14)5-11(12)16/h3-15,17,23-24H,1-2H3;3-11,16-19H,1-2H3;2,10-11,14-16H,8H2,1,3-7H3;6-9H,5H2,1-4H3;3-12H,2H2,1H3;1-6H/b;;13-10+;;;/t23-,24+;16-,17-,18+,19?;14?,15?,16-;;;/m110.../s1. The number of nitriles is 2. The van der Waals surface area contributed by atoms with E-state index < -0.39 is 81.4 Å². The molecular formula is C105H106Br4Cl5N4O19PS3. The Kier molecular flexibility index (Phi) is 46.7. The van der Waals surface area contributed by atoms with Crippen molar-refractivity contribution < 1.29 is 79.7 Å². The van der Waals surface area contributed by atoms with Crippen LogP contribution in [0.15, 0.2) is 286 Å². The molecule has 0 aromatic heterocycles. The molecule has 4 unspecified atom stereocenters. The van der Waals surface area contributed by atoms with Crippen molar-refractivity contribution in [2.24, 2.45) is 40.4 Å². The van der Waals surface area contributed by atoms with Gasteiger partial charge < -0.3 is 37.7 Å². The number of esters is 3. The Balaban J connectivity index is 0.000000232. The number of allylic oxidation sites excluding steroid dienone is 3. The van der Waals surface area contributed by atoms with Crippen LogP contribution < -0.4 is 14.2 Å². The number of nitro benzene ring substituents is 2. The van der Waals surface area contributed by atoms with Crippen LogP contribution in [0.25, 0.3) is 0 Å². The summed E-state index contributed by atoms with van der Waals surface area (Å²) in [4.78, 5) is 72.3. The highest BCUT2D eigenvalue weighted by Crippen LogP contribution is 2.74. The molecule has 0 amide bonds. The fourth-order valence-electron chi connectivity index (χ4n) is 14.2. The lowest BCUT2D eigenvalue weighted by molar-refractivity contribution is -0.394. The molecule has 36 heteroatoms. The van der Waals surface area contributed by atoms with Gasteiger partial charge in [-0.25, -0.2) is 13.2 Å². The van der Waals surface area contributed by atoms with Gasteiger partial charge in [0.25, 0.3) is 5.69 Å². The third kappa shape index (κ3) is 35.8. The van der Waals surface area contributed by atoms with Crippen LogP contribution in [0.5, 0.6) is 28.7 Å². The highest BCUT2D eigenvalue weighted by molar-refractivity contribution is 9.40. The number of nitro groups is 2. The molecule has 0 N–H and O–H groups in total. The van der Waals surface area contributed by atoms with E-state index >= 15 is 0 Å². The summed E-state index contributed by atoms with van der Waals surface area (Å²) >= 11 is 46.0. The van der Waals surface area contributed by atoms with Crippen molar-refractivity contribution in [1.29, 1.82) is 10.5 Å². The molecule has 141 heavy (non-hydrogen) atoms. The highest BCUT2D eigenvalue weighted by Gasteiger charge is 2.68. The number of alkyl halides is 4. The lowest BCUT2D eigenvalue weighted by Gasteiger charge is -2.22. The summed E-state index contributed by atoms with van der Waals surface area (Å²) in [6, 6.07) is 73.7. The van der Waals surface area contributed by atoms with Crippen molar-refractivity contribution in [2.75, 3.05) is 6.61 Å². The predicted octanol–water partition coefficient (Wildman–Crippen LogP) is 33.1. The maximum Gasteiger partial charge on any atom is 0.514 e. The number of sulfone groups is 1. The second-order valence-corrected chi connectivity index (χ2v) is 52.9. The Bertz CT molecular complexity index is 6270. The van der Waals surface area contributed by atoms with Gasteiger partial charge in [-0.2, -0.15) is 10.5 Å². The zero-order valence-electron chi connectivity index (χ0n) is 79.5. The number of nitrogens with zero attached hydrogens (tertiary/aromatic N) is 4. The molecule has 2 aliphatic carbocycles. The maximum absolute atomic E-state index is 13.0. The number of ether oxygens (including phenoxy) is 7. The molecule has 10 aromatic carbocycles. The van der Waals surface area contributed by atoms with Crippen molar-refractivity contribution >= 4 is 196 Å². The van der Waals surface area contributed by atoms with Gasteiger partial charge in [0.1, 0.15) is 37.3 Å². The molecular weight excluding hydrogens is 2250 g/mol. The van der Waals surface area contributed by atoms with E-state index in [0.29, 0.717) is 57.2 Å². The largest absolute Gasteiger partial charge is 0.514 e. The summed E-state index contributed by atoms with van der Waals surface area (Å²) in [7, 11) is -3.76. The number of carbonyl (C=O) groups is 4. The highest BCUT2D eigenvalue weighted by atomic mass is 80.0. The maximum atomic E-state index is 13.0. The van der Waals surface area contributed by atoms with E-state index in [1.54, 1.807) is 81.4 Å².